The maximum atomic E-state index is 12.1. The minimum atomic E-state index is -4.37. The summed E-state index contributed by atoms with van der Waals surface area (Å²) >= 11 is 0. The molecule has 2 aromatic rings. The van der Waals surface area contributed by atoms with Crippen LogP contribution in [0.15, 0.2) is 47.5 Å². The van der Waals surface area contributed by atoms with Crippen molar-refractivity contribution in [2.75, 3.05) is 26.1 Å². The number of ether oxygens (including phenoxy) is 3. The van der Waals surface area contributed by atoms with Crippen LogP contribution in [0.5, 0.6) is 17.2 Å². The summed E-state index contributed by atoms with van der Waals surface area (Å²) in [6.07, 6.45) is -4.37. The molecule has 0 saturated heterocycles. The zero-order valence-corrected chi connectivity index (χ0v) is 17.6. The van der Waals surface area contributed by atoms with Gasteiger partial charge >= 0.3 is 6.18 Å². The van der Waals surface area contributed by atoms with Gasteiger partial charge in [0.1, 0.15) is 5.75 Å². The standard InChI is InChI=1S/C18H20F3N3O3.HI/c1-25-15-8-5-13(9-16(15)26-2)24-17(22)23-10-12-3-6-14(7-4-12)27-11-18(19,20)21;/h3-9H,10-11H2,1-2H3,(H3,22,23,24);1H. The first kappa shape index (κ1) is 23.7. The van der Waals surface area contributed by atoms with Gasteiger partial charge in [0, 0.05) is 11.8 Å². The molecule has 3 N–H and O–H groups in total. The van der Waals surface area contributed by atoms with E-state index in [-0.39, 0.29) is 42.2 Å². The molecule has 0 aliphatic carbocycles. The predicted octanol–water partition coefficient (Wildman–Crippen LogP) is 4.19. The van der Waals surface area contributed by atoms with Crippen molar-refractivity contribution >= 4 is 35.6 Å². The highest BCUT2D eigenvalue weighted by Crippen LogP contribution is 2.29. The number of nitrogens with one attached hydrogen (secondary N) is 1. The van der Waals surface area contributed by atoms with Crippen LogP contribution in [-0.4, -0.2) is 33.0 Å². The molecule has 0 aliphatic heterocycles. The van der Waals surface area contributed by atoms with Gasteiger partial charge in [0.2, 0.25) is 0 Å². The number of nitrogens with two attached hydrogens (primary N) is 1. The van der Waals surface area contributed by atoms with E-state index in [1.807, 2.05) is 0 Å². The fraction of sp³-hybridized carbons (Fsp3) is 0.278. The van der Waals surface area contributed by atoms with Gasteiger partial charge < -0.3 is 25.3 Å². The van der Waals surface area contributed by atoms with E-state index in [0.29, 0.717) is 17.2 Å². The van der Waals surface area contributed by atoms with Gasteiger partial charge in [-0.25, -0.2) is 4.99 Å². The smallest absolute Gasteiger partial charge is 0.422 e. The van der Waals surface area contributed by atoms with Crippen LogP contribution in [0.4, 0.5) is 18.9 Å². The fourth-order valence-corrected chi connectivity index (χ4v) is 2.13. The third-order valence-electron chi connectivity index (χ3n) is 3.41. The van der Waals surface area contributed by atoms with E-state index in [4.69, 9.17) is 15.2 Å². The summed E-state index contributed by atoms with van der Waals surface area (Å²) in [4.78, 5) is 4.19. The van der Waals surface area contributed by atoms with E-state index in [2.05, 4.69) is 15.0 Å². The number of rotatable bonds is 7. The third kappa shape index (κ3) is 7.71. The van der Waals surface area contributed by atoms with Crippen molar-refractivity contribution in [1.82, 2.24) is 0 Å². The molecule has 2 rings (SSSR count). The SMILES string of the molecule is COc1ccc(NC(N)=NCc2ccc(OCC(F)(F)F)cc2)cc1OC.I. The molecule has 0 amide bonds. The lowest BCUT2D eigenvalue weighted by molar-refractivity contribution is -0.153. The first-order valence-electron chi connectivity index (χ1n) is 7.88. The number of hydrogen-bond acceptors (Lipinski definition) is 4. The molecule has 28 heavy (non-hydrogen) atoms. The number of halogens is 4. The highest BCUT2D eigenvalue weighted by atomic mass is 127. The Morgan fingerprint density at radius 2 is 1.68 bits per heavy atom. The number of methoxy groups -OCH3 is 2. The number of nitrogens with zero attached hydrogens (tertiary/aromatic N) is 1. The van der Waals surface area contributed by atoms with Crippen molar-refractivity contribution < 1.29 is 27.4 Å². The number of alkyl halides is 3. The van der Waals surface area contributed by atoms with Gasteiger partial charge in [-0.3, -0.25) is 0 Å². The molecule has 0 aromatic heterocycles. The Labute approximate surface area is 177 Å². The molecule has 6 nitrogen and oxygen atoms in total. The quantitative estimate of drug-likeness (QED) is 0.331. The Balaban J connectivity index is 0.00000392. The summed E-state index contributed by atoms with van der Waals surface area (Å²) in [5.41, 5.74) is 7.30. The first-order chi connectivity index (χ1) is 12.8. The van der Waals surface area contributed by atoms with E-state index < -0.39 is 12.8 Å². The average molecular weight is 511 g/mol. The lowest BCUT2D eigenvalue weighted by Crippen LogP contribution is -2.22. The molecule has 0 saturated carbocycles. The second-order valence-electron chi connectivity index (χ2n) is 5.44. The second-order valence-corrected chi connectivity index (χ2v) is 5.44. The zero-order valence-electron chi connectivity index (χ0n) is 15.2. The minimum absolute atomic E-state index is 0. The van der Waals surface area contributed by atoms with Crippen LogP contribution in [-0.2, 0) is 6.54 Å². The summed E-state index contributed by atoms with van der Waals surface area (Å²) in [5, 5.41) is 2.93. The largest absolute Gasteiger partial charge is 0.493 e. The summed E-state index contributed by atoms with van der Waals surface area (Å²) in [5.74, 6) is 1.45. The number of anilines is 1. The van der Waals surface area contributed by atoms with Gasteiger partial charge in [-0.15, -0.1) is 24.0 Å². The molecule has 0 radical (unpaired) electrons. The second kappa shape index (κ2) is 10.8. The van der Waals surface area contributed by atoms with Gasteiger partial charge in [0.15, 0.2) is 24.1 Å². The highest BCUT2D eigenvalue weighted by Gasteiger charge is 2.28. The maximum absolute atomic E-state index is 12.1. The van der Waals surface area contributed by atoms with Crippen molar-refractivity contribution in [1.29, 1.82) is 0 Å². The Morgan fingerprint density at radius 3 is 2.25 bits per heavy atom. The first-order valence-corrected chi connectivity index (χ1v) is 7.88. The molecule has 154 valence electrons. The van der Waals surface area contributed by atoms with Crippen LogP contribution in [0.3, 0.4) is 0 Å². The molecule has 0 fully saturated rings. The predicted molar refractivity (Wildman–Crippen MR) is 112 cm³/mol. The van der Waals surface area contributed by atoms with Crippen molar-refractivity contribution in [3.8, 4) is 17.2 Å². The highest BCUT2D eigenvalue weighted by molar-refractivity contribution is 14.0. The van der Waals surface area contributed by atoms with E-state index in [1.165, 1.54) is 19.2 Å². The third-order valence-corrected chi connectivity index (χ3v) is 3.41. The van der Waals surface area contributed by atoms with Crippen LogP contribution in [0, 0.1) is 0 Å². The average Bonchev–Trinajstić information content (AvgIpc) is 2.64. The molecule has 0 heterocycles. The molecule has 0 aliphatic rings. The van der Waals surface area contributed by atoms with Crippen molar-refractivity contribution in [3.63, 3.8) is 0 Å². The Hall–Kier alpha value is -2.37. The van der Waals surface area contributed by atoms with Gasteiger partial charge in [-0.05, 0) is 29.8 Å². The molecule has 0 atom stereocenters. The summed E-state index contributed by atoms with van der Waals surface area (Å²) < 4.78 is 51.4. The molecule has 2 aromatic carbocycles. The number of guanidine groups is 1. The molecular formula is C18H21F3IN3O3. The molecule has 0 bridgehead atoms. The normalized spacial score (nSPS) is 11.4. The van der Waals surface area contributed by atoms with E-state index in [1.54, 1.807) is 37.4 Å². The Morgan fingerprint density at radius 1 is 1.04 bits per heavy atom. The number of benzene rings is 2. The van der Waals surface area contributed by atoms with Crippen LogP contribution in [0.25, 0.3) is 0 Å². The molecular weight excluding hydrogens is 490 g/mol. The van der Waals surface area contributed by atoms with Crippen molar-refractivity contribution in [3.05, 3.63) is 48.0 Å². The van der Waals surface area contributed by atoms with Gasteiger partial charge in [-0.2, -0.15) is 13.2 Å². The van der Waals surface area contributed by atoms with E-state index in [9.17, 15) is 13.2 Å². The maximum Gasteiger partial charge on any atom is 0.422 e. The van der Waals surface area contributed by atoms with Crippen molar-refractivity contribution in [2.45, 2.75) is 12.7 Å². The monoisotopic (exact) mass is 511 g/mol. The molecule has 10 heteroatoms. The minimum Gasteiger partial charge on any atom is -0.493 e. The van der Waals surface area contributed by atoms with E-state index in [0.717, 1.165) is 5.56 Å². The van der Waals surface area contributed by atoms with E-state index >= 15 is 0 Å². The van der Waals surface area contributed by atoms with Crippen LogP contribution in [0.1, 0.15) is 5.56 Å². The van der Waals surface area contributed by atoms with Gasteiger partial charge in [-0.1, -0.05) is 12.1 Å². The Kier molecular flexibility index (Phi) is 9.16. The van der Waals surface area contributed by atoms with Crippen molar-refractivity contribution in [2.24, 2.45) is 10.7 Å². The zero-order chi connectivity index (χ0) is 19.9. The summed E-state index contributed by atoms with van der Waals surface area (Å²) in [7, 11) is 3.07. The fourth-order valence-electron chi connectivity index (χ4n) is 2.13. The topological polar surface area (TPSA) is 78.1 Å². The van der Waals surface area contributed by atoms with Crippen LogP contribution >= 0.6 is 24.0 Å². The molecule has 0 spiro atoms. The summed E-state index contributed by atoms with van der Waals surface area (Å²) in [6, 6.07) is 11.4. The van der Waals surface area contributed by atoms with Gasteiger partial charge in [0.05, 0.1) is 20.8 Å². The summed E-state index contributed by atoms with van der Waals surface area (Å²) in [6.45, 7) is -1.07. The number of aliphatic imine (C=N–C) groups is 1. The lowest BCUT2D eigenvalue weighted by Gasteiger charge is -2.11. The van der Waals surface area contributed by atoms with Crippen LogP contribution < -0.4 is 25.3 Å². The molecule has 0 unspecified atom stereocenters. The Bertz CT molecular complexity index is 784. The van der Waals surface area contributed by atoms with Gasteiger partial charge in [0.25, 0.3) is 0 Å². The lowest BCUT2D eigenvalue weighted by atomic mass is 10.2. The van der Waals surface area contributed by atoms with Crippen LogP contribution in [0.2, 0.25) is 0 Å². The number of hydrogen-bond donors (Lipinski definition) is 2.